The van der Waals surface area contributed by atoms with Gasteiger partial charge in [-0.1, -0.05) is 11.6 Å². The first-order valence-electron chi connectivity index (χ1n) is 5.57. The number of pyridine rings is 1. The first-order chi connectivity index (χ1) is 8.31. The van der Waals surface area contributed by atoms with Crippen molar-refractivity contribution < 1.29 is 13.2 Å². The van der Waals surface area contributed by atoms with E-state index < -0.39 is 15.6 Å². The third-order valence-corrected chi connectivity index (χ3v) is 4.78. The summed E-state index contributed by atoms with van der Waals surface area (Å²) in [7, 11) is -3.52. The van der Waals surface area contributed by atoms with Crippen LogP contribution in [0.5, 0.6) is 0 Å². The maximum absolute atomic E-state index is 12.4. The van der Waals surface area contributed by atoms with Crippen LogP contribution in [0.15, 0.2) is 23.2 Å². The van der Waals surface area contributed by atoms with Crippen molar-refractivity contribution in [3.05, 3.63) is 23.5 Å². The molecular weight excluding hydrogens is 276 g/mol. The molecule has 1 fully saturated rings. The number of morpholine rings is 1. The van der Waals surface area contributed by atoms with E-state index in [0.717, 1.165) is 0 Å². The molecule has 2 heterocycles. The average molecular weight is 291 g/mol. The molecule has 0 radical (unpaired) electrons. The van der Waals surface area contributed by atoms with Gasteiger partial charge in [0.1, 0.15) is 10.0 Å². The normalized spacial score (nSPS) is 20.8. The van der Waals surface area contributed by atoms with Crippen molar-refractivity contribution in [1.82, 2.24) is 9.29 Å². The molecule has 1 aromatic heterocycles. The van der Waals surface area contributed by atoms with E-state index in [-0.39, 0.29) is 10.0 Å². The topological polar surface area (TPSA) is 59.5 Å². The zero-order valence-electron chi connectivity index (χ0n) is 10.3. The van der Waals surface area contributed by atoms with Crippen LogP contribution in [0.4, 0.5) is 0 Å². The molecule has 1 saturated heterocycles. The largest absolute Gasteiger partial charge is 0.373 e. The van der Waals surface area contributed by atoms with E-state index in [2.05, 4.69) is 4.98 Å². The highest BCUT2D eigenvalue weighted by Gasteiger charge is 2.34. The fourth-order valence-electron chi connectivity index (χ4n) is 1.84. The molecule has 0 unspecified atom stereocenters. The Morgan fingerprint density at radius 3 is 2.72 bits per heavy atom. The molecule has 5 nitrogen and oxygen atoms in total. The van der Waals surface area contributed by atoms with E-state index in [4.69, 9.17) is 16.3 Å². The molecule has 0 saturated carbocycles. The van der Waals surface area contributed by atoms with Crippen LogP contribution in [0, 0.1) is 0 Å². The molecule has 1 aliphatic rings. The number of hydrogen-bond donors (Lipinski definition) is 0. The molecule has 0 atom stereocenters. The van der Waals surface area contributed by atoms with E-state index in [1.165, 1.54) is 22.6 Å². The second kappa shape index (κ2) is 4.77. The van der Waals surface area contributed by atoms with Crippen molar-refractivity contribution in [2.75, 3.05) is 19.7 Å². The van der Waals surface area contributed by atoms with E-state index >= 15 is 0 Å². The van der Waals surface area contributed by atoms with E-state index in [1.54, 1.807) is 0 Å². The molecule has 7 heteroatoms. The summed E-state index contributed by atoms with van der Waals surface area (Å²) in [5.74, 6) is 0. The average Bonchev–Trinajstić information content (AvgIpc) is 2.28. The zero-order chi connectivity index (χ0) is 13.4. The molecule has 0 amide bonds. The fourth-order valence-corrected chi connectivity index (χ4v) is 3.47. The molecule has 1 aliphatic heterocycles. The number of hydrogen-bond acceptors (Lipinski definition) is 4. The fraction of sp³-hybridized carbons (Fsp3) is 0.545. The molecule has 0 aromatic carbocycles. The minimum atomic E-state index is -3.52. The Morgan fingerprint density at radius 2 is 2.17 bits per heavy atom. The molecule has 0 N–H and O–H groups in total. The summed E-state index contributed by atoms with van der Waals surface area (Å²) in [6, 6.07) is 2.94. The number of halogens is 1. The lowest BCUT2D eigenvalue weighted by molar-refractivity contribution is -0.0640. The van der Waals surface area contributed by atoms with Crippen molar-refractivity contribution in [1.29, 1.82) is 0 Å². The van der Waals surface area contributed by atoms with E-state index in [9.17, 15) is 8.42 Å². The summed E-state index contributed by atoms with van der Waals surface area (Å²) in [5, 5.41) is 0.274. The quantitative estimate of drug-likeness (QED) is 0.775. The lowest BCUT2D eigenvalue weighted by Crippen LogP contribution is -2.50. The van der Waals surface area contributed by atoms with Crippen molar-refractivity contribution >= 4 is 21.6 Å². The van der Waals surface area contributed by atoms with E-state index in [1.807, 2.05) is 13.8 Å². The van der Waals surface area contributed by atoms with Crippen molar-refractivity contribution in [3.63, 3.8) is 0 Å². The zero-order valence-corrected chi connectivity index (χ0v) is 11.8. The molecule has 100 valence electrons. The van der Waals surface area contributed by atoms with Gasteiger partial charge in [0.25, 0.3) is 0 Å². The van der Waals surface area contributed by atoms with Gasteiger partial charge in [-0.3, -0.25) is 0 Å². The Hall–Kier alpha value is -0.690. The van der Waals surface area contributed by atoms with Crippen LogP contribution in [-0.4, -0.2) is 43.0 Å². The lowest BCUT2D eigenvalue weighted by Gasteiger charge is -2.37. The summed E-state index contributed by atoms with van der Waals surface area (Å²) in [6.45, 7) is 4.82. The van der Waals surface area contributed by atoms with E-state index in [0.29, 0.717) is 19.7 Å². The van der Waals surface area contributed by atoms with Gasteiger partial charge in [-0.15, -0.1) is 0 Å². The van der Waals surface area contributed by atoms with Crippen LogP contribution in [-0.2, 0) is 14.8 Å². The minimum absolute atomic E-state index is 0.157. The smallest absolute Gasteiger partial charge is 0.244 e. The lowest BCUT2D eigenvalue weighted by atomic mass is 10.1. The maximum atomic E-state index is 12.4. The molecule has 2 rings (SSSR count). The van der Waals surface area contributed by atoms with Gasteiger partial charge in [0.15, 0.2) is 0 Å². The molecular formula is C11H15ClN2O3S. The predicted octanol–water partition coefficient (Wildman–Crippen LogP) is 1.53. The Balaban J connectivity index is 2.28. The molecule has 0 aliphatic carbocycles. The van der Waals surface area contributed by atoms with Gasteiger partial charge < -0.3 is 4.74 Å². The van der Waals surface area contributed by atoms with Crippen LogP contribution in [0.1, 0.15) is 13.8 Å². The van der Waals surface area contributed by atoms with Crippen LogP contribution in [0.2, 0.25) is 5.15 Å². The minimum Gasteiger partial charge on any atom is -0.373 e. The molecule has 18 heavy (non-hydrogen) atoms. The van der Waals surface area contributed by atoms with Gasteiger partial charge in [-0.2, -0.15) is 4.31 Å². The SMILES string of the molecule is CC1(C)CN(S(=O)(=O)c2ccc(Cl)nc2)CCO1. The number of ether oxygens (including phenoxy) is 1. The van der Waals surface area contributed by atoms with Gasteiger partial charge in [0, 0.05) is 19.3 Å². The Morgan fingerprint density at radius 1 is 1.44 bits per heavy atom. The second-order valence-electron chi connectivity index (χ2n) is 4.76. The van der Waals surface area contributed by atoms with Gasteiger partial charge in [0.2, 0.25) is 10.0 Å². The second-order valence-corrected chi connectivity index (χ2v) is 7.09. The van der Waals surface area contributed by atoms with Gasteiger partial charge in [-0.25, -0.2) is 13.4 Å². The highest BCUT2D eigenvalue weighted by Crippen LogP contribution is 2.23. The molecule has 1 aromatic rings. The summed E-state index contributed by atoms with van der Waals surface area (Å²) in [4.78, 5) is 3.96. The Bertz CT molecular complexity index is 528. The highest BCUT2D eigenvalue weighted by molar-refractivity contribution is 7.89. The summed E-state index contributed by atoms with van der Waals surface area (Å²) < 4.78 is 31.7. The number of rotatable bonds is 2. The van der Waals surface area contributed by atoms with Crippen LogP contribution in [0.3, 0.4) is 0 Å². The summed E-state index contributed by atoms with van der Waals surface area (Å²) in [5.41, 5.74) is -0.467. The summed E-state index contributed by atoms with van der Waals surface area (Å²) in [6.07, 6.45) is 1.28. The van der Waals surface area contributed by atoms with Crippen LogP contribution >= 0.6 is 11.6 Å². The van der Waals surface area contributed by atoms with Crippen LogP contribution < -0.4 is 0 Å². The molecule has 0 spiro atoms. The first kappa shape index (κ1) is 13.7. The van der Waals surface area contributed by atoms with Gasteiger partial charge in [-0.05, 0) is 26.0 Å². The predicted molar refractivity (Wildman–Crippen MR) is 68.0 cm³/mol. The van der Waals surface area contributed by atoms with Crippen molar-refractivity contribution in [2.24, 2.45) is 0 Å². The third kappa shape index (κ3) is 2.83. The number of aromatic nitrogens is 1. The first-order valence-corrected chi connectivity index (χ1v) is 7.39. The summed E-state index contributed by atoms with van der Waals surface area (Å²) >= 11 is 5.65. The van der Waals surface area contributed by atoms with Gasteiger partial charge in [0.05, 0.1) is 12.2 Å². The van der Waals surface area contributed by atoms with Crippen molar-refractivity contribution in [3.8, 4) is 0 Å². The van der Waals surface area contributed by atoms with Gasteiger partial charge >= 0.3 is 0 Å². The van der Waals surface area contributed by atoms with Crippen LogP contribution in [0.25, 0.3) is 0 Å². The maximum Gasteiger partial charge on any atom is 0.244 e. The molecule has 0 bridgehead atoms. The highest BCUT2D eigenvalue weighted by atomic mass is 35.5. The van der Waals surface area contributed by atoms with Crippen molar-refractivity contribution in [2.45, 2.75) is 24.3 Å². The third-order valence-electron chi connectivity index (χ3n) is 2.73. The monoisotopic (exact) mass is 290 g/mol. The number of nitrogens with zero attached hydrogens (tertiary/aromatic N) is 2. The Labute approximate surface area is 112 Å². The number of sulfonamides is 1. The standard InChI is InChI=1S/C11H15ClN2O3S/c1-11(2)8-14(5-6-17-11)18(15,16)9-3-4-10(12)13-7-9/h3-4,7H,5-6,8H2,1-2H3. The Kier molecular flexibility index (Phi) is 3.64.